The number of likely N-dealkylation sites (tertiary alicyclic amines) is 1. The van der Waals surface area contributed by atoms with Crippen molar-refractivity contribution in [3.05, 3.63) is 35.1 Å². The molecule has 2 aromatic heterocycles. The van der Waals surface area contributed by atoms with Crippen LogP contribution in [-0.4, -0.2) is 38.4 Å². The highest BCUT2D eigenvalue weighted by Crippen LogP contribution is 2.23. The average molecular weight is 345 g/mol. The topological polar surface area (TPSA) is 88.1 Å². The second-order valence-corrected chi connectivity index (χ2v) is 6.80. The quantitative estimate of drug-likeness (QED) is 0.863. The summed E-state index contributed by atoms with van der Waals surface area (Å²) in [5.41, 5.74) is 0.820. The number of carbonyl (C=O) groups is 2. The number of anilines is 1. The van der Waals surface area contributed by atoms with Gasteiger partial charge in [0.2, 0.25) is 16.9 Å². The molecule has 1 saturated heterocycles. The van der Waals surface area contributed by atoms with Gasteiger partial charge in [-0.1, -0.05) is 24.3 Å². The van der Waals surface area contributed by atoms with Crippen molar-refractivity contribution in [1.82, 2.24) is 20.1 Å². The molecule has 1 aliphatic heterocycles. The van der Waals surface area contributed by atoms with E-state index in [1.54, 1.807) is 11.1 Å². The second-order valence-electron chi connectivity index (χ2n) is 5.74. The van der Waals surface area contributed by atoms with Crippen LogP contribution in [0.15, 0.2) is 24.4 Å². The molecule has 0 aliphatic carbocycles. The van der Waals surface area contributed by atoms with Crippen LogP contribution < -0.4 is 5.32 Å². The van der Waals surface area contributed by atoms with Crippen LogP contribution >= 0.6 is 11.3 Å². The van der Waals surface area contributed by atoms with Gasteiger partial charge in [0.25, 0.3) is 0 Å². The van der Waals surface area contributed by atoms with E-state index in [1.807, 2.05) is 18.2 Å². The lowest BCUT2D eigenvalue weighted by molar-refractivity contribution is -0.128. The van der Waals surface area contributed by atoms with Gasteiger partial charge in [-0.05, 0) is 18.6 Å². The Bertz CT molecular complexity index is 718. The predicted octanol–water partition coefficient (Wildman–Crippen LogP) is 1.87. The van der Waals surface area contributed by atoms with Crippen molar-refractivity contribution in [2.24, 2.45) is 5.92 Å². The summed E-state index contributed by atoms with van der Waals surface area (Å²) in [6, 6.07) is 5.59. The van der Waals surface area contributed by atoms with Crippen LogP contribution in [0.5, 0.6) is 0 Å². The molecule has 1 N–H and O–H groups in total. The molecule has 0 bridgehead atoms. The summed E-state index contributed by atoms with van der Waals surface area (Å²) in [5, 5.41) is 12.2. The highest BCUT2D eigenvalue weighted by molar-refractivity contribution is 7.15. The lowest BCUT2D eigenvalue weighted by atomic mass is 10.1. The van der Waals surface area contributed by atoms with Crippen LogP contribution in [0.2, 0.25) is 0 Å². The molecule has 1 aliphatic rings. The zero-order chi connectivity index (χ0) is 16.9. The largest absolute Gasteiger partial charge is 0.336 e. The first kappa shape index (κ1) is 16.5. The van der Waals surface area contributed by atoms with Gasteiger partial charge < -0.3 is 10.2 Å². The minimum atomic E-state index is -0.361. The number of amides is 2. The number of aromatic nitrogens is 3. The number of hydrogen-bond donors (Lipinski definition) is 1. The van der Waals surface area contributed by atoms with E-state index in [0.29, 0.717) is 18.2 Å². The summed E-state index contributed by atoms with van der Waals surface area (Å²) < 4.78 is 0. The molecule has 1 atom stereocenters. The molecular weight excluding hydrogens is 326 g/mol. The number of nitrogens with zero attached hydrogens (tertiary/aromatic N) is 4. The molecule has 1 fully saturated rings. The van der Waals surface area contributed by atoms with Crippen LogP contribution in [0.4, 0.5) is 5.13 Å². The maximum atomic E-state index is 12.4. The van der Waals surface area contributed by atoms with E-state index in [2.05, 4.69) is 27.4 Å². The molecule has 0 aromatic carbocycles. The third-order valence-corrected chi connectivity index (χ3v) is 4.72. The Labute approximate surface area is 144 Å². The van der Waals surface area contributed by atoms with E-state index in [0.717, 1.165) is 23.5 Å². The summed E-state index contributed by atoms with van der Waals surface area (Å²) in [5.74, 6) is -0.560. The van der Waals surface area contributed by atoms with E-state index in [-0.39, 0.29) is 24.2 Å². The molecule has 126 valence electrons. The number of rotatable bonds is 6. The van der Waals surface area contributed by atoms with Gasteiger partial charge in [0.1, 0.15) is 5.01 Å². The Hall–Kier alpha value is -2.35. The fourth-order valence-corrected chi connectivity index (χ4v) is 3.46. The smallest absolute Gasteiger partial charge is 0.231 e. The maximum absolute atomic E-state index is 12.4. The number of carbonyl (C=O) groups excluding carboxylic acids is 2. The van der Waals surface area contributed by atoms with Crippen LogP contribution in [0.3, 0.4) is 0 Å². The SMILES string of the molecule is CCCc1nnc(NC(=O)C2CC(=O)N(Cc3ccccn3)C2)s1. The monoisotopic (exact) mass is 345 g/mol. The van der Waals surface area contributed by atoms with Crippen molar-refractivity contribution in [2.75, 3.05) is 11.9 Å². The molecule has 1 unspecified atom stereocenters. The van der Waals surface area contributed by atoms with Gasteiger partial charge in [0.05, 0.1) is 18.2 Å². The molecule has 0 spiro atoms. The van der Waals surface area contributed by atoms with E-state index in [1.165, 1.54) is 11.3 Å². The van der Waals surface area contributed by atoms with E-state index in [4.69, 9.17) is 0 Å². The third kappa shape index (κ3) is 3.94. The van der Waals surface area contributed by atoms with Gasteiger partial charge in [-0.2, -0.15) is 0 Å². The molecule has 2 aromatic rings. The lowest BCUT2D eigenvalue weighted by Gasteiger charge is -2.15. The summed E-state index contributed by atoms with van der Waals surface area (Å²) in [7, 11) is 0. The highest BCUT2D eigenvalue weighted by Gasteiger charge is 2.34. The van der Waals surface area contributed by atoms with Gasteiger partial charge in [-0.25, -0.2) is 0 Å². The van der Waals surface area contributed by atoms with E-state index < -0.39 is 0 Å². The maximum Gasteiger partial charge on any atom is 0.231 e. The van der Waals surface area contributed by atoms with Gasteiger partial charge in [0, 0.05) is 25.6 Å². The Morgan fingerprint density at radius 3 is 3.04 bits per heavy atom. The minimum absolute atomic E-state index is 0.0234. The minimum Gasteiger partial charge on any atom is -0.336 e. The number of aryl methyl sites for hydroxylation is 1. The zero-order valence-corrected chi connectivity index (χ0v) is 14.3. The predicted molar refractivity (Wildman–Crippen MR) is 90.3 cm³/mol. The van der Waals surface area contributed by atoms with Gasteiger partial charge >= 0.3 is 0 Å². The number of pyridine rings is 1. The Kier molecular flexibility index (Phi) is 5.14. The van der Waals surface area contributed by atoms with Crippen molar-refractivity contribution in [3.63, 3.8) is 0 Å². The van der Waals surface area contributed by atoms with Crippen molar-refractivity contribution in [1.29, 1.82) is 0 Å². The van der Waals surface area contributed by atoms with Crippen molar-refractivity contribution < 1.29 is 9.59 Å². The Balaban J connectivity index is 1.57. The van der Waals surface area contributed by atoms with E-state index in [9.17, 15) is 9.59 Å². The summed E-state index contributed by atoms with van der Waals surface area (Å²) in [6.45, 7) is 2.91. The van der Waals surface area contributed by atoms with E-state index >= 15 is 0 Å². The summed E-state index contributed by atoms with van der Waals surface area (Å²) >= 11 is 1.39. The first-order valence-corrected chi connectivity index (χ1v) is 8.78. The van der Waals surface area contributed by atoms with Crippen LogP contribution in [0, 0.1) is 5.92 Å². The molecule has 3 heterocycles. The van der Waals surface area contributed by atoms with Crippen molar-refractivity contribution in [2.45, 2.75) is 32.7 Å². The molecule has 0 saturated carbocycles. The van der Waals surface area contributed by atoms with Crippen molar-refractivity contribution in [3.8, 4) is 0 Å². The second kappa shape index (κ2) is 7.48. The van der Waals surface area contributed by atoms with Crippen LogP contribution in [-0.2, 0) is 22.6 Å². The zero-order valence-electron chi connectivity index (χ0n) is 13.4. The first-order chi connectivity index (χ1) is 11.7. The van der Waals surface area contributed by atoms with Crippen LogP contribution in [0.25, 0.3) is 0 Å². The molecule has 24 heavy (non-hydrogen) atoms. The molecule has 2 amide bonds. The molecule has 0 radical (unpaired) electrons. The average Bonchev–Trinajstić information content (AvgIpc) is 3.16. The Morgan fingerprint density at radius 1 is 1.42 bits per heavy atom. The number of nitrogens with one attached hydrogen (secondary N) is 1. The van der Waals surface area contributed by atoms with Crippen LogP contribution in [0.1, 0.15) is 30.5 Å². The standard InChI is InChI=1S/C16H19N5O2S/c1-2-5-13-19-20-16(24-13)18-15(23)11-8-14(22)21(9-11)10-12-6-3-4-7-17-12/h3-4,6-7,11H,2,5,8-10H2,1H3,(H,18,20,23). The fraction of sp³-hybridized carbons (Fsp3) is 0.438. The molecule has 3 rings (SSSR count). The molecular formula is C16H19N5O2S. The van der Waals surface area contributed by atoms with Gasteiger partial charge in [0.15, 0.2) is 0 Å². The summed E-state index contributed by atoms with van der Waals surface area (Å²) in [4.78, 5) is 30.4. The lowest BCUT2D eigenvalue weighted by Crippen LogP contribution is -2.28. The van der Waals surface area contributed by atoms with Gasteiger partial charge in [-0.15, -0.1) is 10.2 Å². The third-order valence-electron chi connectivity index (χ3n) is 3.83. The number of hydrogen-bond acceptors (Lipinski definition) is 6. The van der Waals surface area contributed by atoms with Gasteiger partial charge in [-0.3, -0.25) is 14.6 Å². The fourth-order valence-electron chi connectivity index (χ4n) is 2.61. The van der Waals surface area contributed by atoms with Crippen molar-refractivity contribution >= 4 is 28.3 Å². The highest BCUT2D eigenvalue weighted by atomic mass is 32.1. The normalized spacial score (nSPS) is 17.3. The first-order valence-electron chi connectivity index (χ1n) is 7.96. The molecule has 7 nitrogen and oxygen atoms in total. The molecule has 8 heteroatoms. The summed E-state index contributed by atoms with van der Waals surface area (Å²) in [6.07, 6.45) is 3.76. The Morgan fingerprint density at radius 2 is 2.29 bits per heavy atom.